The first-order valence-corrected chi connectivity index (χ1v) is 4.41. The summed E-state index contributed by atoms with van der Waals surface area (Å²) in [5, 5.41) is 0. The fraction of sp³-hybridized carbons (Fsp3) is 0.400. The Morgan fingerprint density at radius 3 is 2.75 bits per heavy atom. The van der Waals surface area contributed by atoms with Crippen molar-refractivity contribution in [2.45, 2.75) is 13.0 Å². The molecule has 2 rings (SSSR count). The highest BCUT2D eigenvalue weighted by Crippen LogP contribution is 2.13. The van der Waals surface area contributed by atoms with Gasteiger partial charge in [-0.25, -0.2) is 0 Å². The molecule has 0 aliphatic carbocycles. The Morgan fingerprint density at radius 1 is 1.33 bits per heavy atom. The number of rotatable bonds is 2. The van der Waals surface area contributed by atoms with Gasteiger partial charge >= 0.3 is 0 Å². The Bertz CT molecular complexity index is 266. The lowest BCUT2D eigenvalue weighted by atomic mass is 10.1. The van der Waals surface area contributed by atoms with E-state index >= 15 is 0 Å². The van der Waals surface area contributed by atoms with Gasteiger partial charge in [0, 0.05) is 12.2 Å². The third-order valence-electron chi connectivity index (χ3n) is 2.31. The molecule has 12 heavy (non-hydrogen) atoms. The number of hydrogen-bond acceptors (Lipinski definition) is 2. The highest BCUT2D eigenvalue weighted by Gasteiger charge is 2.13. The number of likely N-dealkylation sites (tertiary alicyclic amines) is 1. The summed E-state index contributed by atoms with van der Waals surface area (Å²) in [6.45, 7) is 3.55. The van der Waals surface area contributed by atoms with Crippen molar-refractivity contribution in [1.29, 1.82) is 0 Å². The van der Waals surface area contributed by atoms with Gasteiger partial charge in [0.2, 0.25) is 0 Å². The average Bonchev–Trinajstić information content (AvgIpc) is 1.97. The summed E-state index contributed by atoms with van der Waals surface area (Å²) in [7, 11) is 0. The van der Waals surface area contributed by atoms with Gasteiger partial charge in [0.05, 0.1) is 0 Å². The molecule has 0 radical (unpaired) electrons. The molecular formula is C10H14N2. The second kappa shape index (κ2) is 3.15. The van der Waals surface area contributed by atoms with Crippen LogP contribution in [0.3, 0.4) is 0 Å². The van der Waals surface area contributed by atoms with Crippen LogP contribution in [0.25, 0.3) is 0 Å². The van der Waals surface area contributed by atoms with E-state index in [1.54, 1.807) is 0 Å². The number of nitrogen functional groups attached to an aromatic ring is 1. The molecule has 0 amide bonds. The SMILES string of the molecule is Nc1cccc(CN2CCC2)c1. The van der Waals surface area contributed by atoms with Crippen LogP contribution in [0.1, 0.15) is 12.0 Å². The van der Waals surface area contributed by atoms with Crippen LogP contribution in [0.15, 0.2) is 24.3 Å². The largest absolute Gasteiger partial charge is 0.399 e. The Kier molecular flexibility index (Phi) is 2.00. The second-order valence-electron chi connectivity index (χ2n) is 3.37. The van der Waals surface area contributed by atoms with Crippen molar-refractivity contribution in [3.05, 3.63) is 29.8 Å². The van der Waals surface area contributed by atoms with E-state index in [1.165, 1.54) is 25.1 Å². The number of nitrogens with two attached hydrogens (primary N) is 1. The van der Waals surface area contributed by atoms with Crippen molar-refractivity contribution >= 4 is 5.69 Å². The maximum absolute atomic E-state index is 5.68. The molecule has 0 aromatic heterocycles. The van der Waals surface area contributed by atoms with Gasteiger partial charge < -0.3 is 5.73 Å². The Morgan fingerprint density at radius 2 is 2.17 bits per heavy atom. The topological polar surface area (TPSA) is 29.3 Å². The van der Waals surface area contributed by atoms with Crippen LogP contribution in [0.2, 0.25) is 0 Å². The smallest absolute Gasteiger partial charge is 0.0317 e. The molecule has 1 aliphatic rings. The van der Waals surface area contributed by atoms with Gasteiger partial charge in [-0.2, -0.15) is 0 Å². The quantitative estimate of drug-likeness (QED) is 0.667. The summed E-state index contributed by atoms with van der Waals surface area (Å²) in [6, 6.07) is 8.14. The van der Waals surface area contributed by atoms with E-state index in [9.17, 15) is 0 Å². The predicted molar refractivity (Wildman–Crippen MR) is 50.7 cm³/mol. The molecule has 0 unspecified atom stereocenters. The molecule has 2 nitrogen and oxygen atoms in total. The van der Waals surface area contributed by atoms with Crippen LogP contribution < -0.4 is 5.73 Å². The molecule has 0 bridgehead atoms. The standard InChI is InChI=1S/C10H14N2/c11-10-4-1-3-9(7-10)8-12-5-2-6-12/h1,3-4,7H,2,5-6,8,11H2. The maximum Gasteiger partial charge on any atom is 0.0317 e. The molecule has 1 aromatic rings. The Balaban J connectivity index is 2.02. The molecule has 1 saturated heterocycles. The lowest BCUT2D eigenvalue weighted by Crippen LogP contribution is -2.36. The molecular weight excluding hydrogens is 148 g/mol. The molecule has 0 atom stereocenters. The molecule has 2 N–H and O–H groups in total. The minimum Gasteiger partial charge on any atom is -0.399 e. The van der Waals surface area contributed by atoms with E-state index in [4.69, 9.17) is 5.73 Å². The number of hydrogen-bond donors (Lipinski definition) is 1. The van der Waals surface area contributed by atoms with Crippen LogP contribution in [0.5, 0.6) is 0 Å². The van der Waals surface area contributed by atoms with Crippen molar-refractivity contribution in [3.63, 3.8) is 0 Å². The van der Waals surface area contributed by atoms with E-state index in [1.807, 2.05) is 12.1 Å². The summed E-state index contributed by atoms with van der Waals surface area (Å²) in [4.78, 5) is 2.43. The van der Waals surface area contributed by atoms with E-state index in [0.29, 0.717) is 0 Å². The summed E-state index contributed by atoms with van der Waals surface area (Å²) in [5.41, 5.74) is 7.87. The van der Waals surface area contributed by atoms with Crippen molar-refractivity contribution < 1.29 is 0 Å². The highest BCUT2D eigenvalue weighted by molar-refractivity contribution is 5.40. The molecule has 1 heterocycles. The average molecular weight is 162 g/mol. The molecule has 0 saturated carbocycles. The Hall–Kier alpha value is -1.02. The zero-order valence-corrected chi connectivity index (χ0v) is 7.16. The predicted octanol–water partition coefficient (Wildman–Crippen LogP) is 1.47. The second-order valence-corrected chi connectivity index (χ2v) is 3.37. The van der Waals surface area contributed by atoms with E-state index in [2.05, 4.69) is 17.0 Å². The summed E-state index contributed by atoms with van der Waals surface area (Å²) >= 11 is 0. The van der Waals surface area contributed by atoms with Crippen LogP contribution in [-0.2, 0) is 6.54 Å². The fourth-order valence-electron chi connectivity index (χ4n) is 1.49. The fourth-order valence-corrected chi connectivity index (χ4v) is 1.49. The zero-order chi connectivity index (χ0) is 8.39. The summed E-state index contributed by atoms with van der Waals surface area (Å²) in [6.07, 6.45) is 1.35. The van der Waals surface area contributed by atoms with Crippen LogP contribution in [0.4, 0.5) is 5.69 Å². The normalized spacial score (nSPS) is 17.3. The molecule has 2 heteroatoms. The molecule has 1 fully saturated rings. The number of benzene rings is 1. The molecule has 64 valence electrons. The zero-order valence-electron chi connectivity index (χ0n) is 7.16. The van der Waals surface area contributed by atoms with Gasteiger partial charge in [-0.15, -0.1) is 0 Å². The molecule has 1 aromatic carbocycles. The highest BCUT2D eigenvalue weighted by atomic mass is 15.2. The monoisotopic (exact) mass is 162 g/mol. The molecule has 1 aliphatic heterocycles. The number of anilines is 1. The first-order valence-electron chi connectivity index (χ1n) is 4.41. The third-order valence-corrected chi connectivity index (χ3v) is 2.31. The van der Waals surface area contributed by atoms with Gasteiger partial charge in [-0.1, -0.05) is 12.1 Å². The van der Waals surface area contributed by atoms with Gasteiger partial charge in [-0.05, 0) is 37.2 Å². The Labute approximate surface area is 73.0 Å². The number of nitrogens with zero attached hydrogens (tertiary/aromatic N) is 1. The van der Waals surface area contributed by atoms with Crippen molar-refractivity contribution in [1.82, 2.24) is 4.90 Å². The minimum atomic E-state index is 0.869. The van der Waals surface area contributed by atoms with E-state index in [0.717, 1.165) is 12.2 Å². The van der Waals surface area contributed by atoms with Gasteiger partial charge in [0.15, 0.2) is 0 Å². The van der Waals surface area contributed by atoms with Crippen molar-refractivity contribution in [2.24, 2.45) is 0 Å². The van der Waals surface area contributed by atoms with E-state index < -0.39 is 0 Å². The minimum absolute atomic E-state index is 0.869. The first kappa shape index (κ1) is 7.62. The van der Waals surface area contributed by atoms with Crippen LogP contribution in [0, 0.1) is 0 Å². The lowest BCUT2D eigenvalue weighted by Gasteiger charge is -2.30. The summed E-state index contributed by atoms with van der Waals surface area (Å²) in [5.74, 6) is 0. The summed E-state index contributed by atoms with van der Waals surface area (Å²) < 4.78 is 0. The first-order chi connectivity index (χ1) is 5.84. The van der Waals surface area contributed by atoms with Crippen LogP contribution in [-0.4, -0.2) is 18.0 Å². The van der Waals surface area contributed by atoms with Gasteiger partial charge in [0.25, 0.3) is 0 Å². The third kappa shape index (κ3) is 1.59. The van der Waals surface area contributed by atoms with E-state index in [-0.39, 0.29) is 0 Å². The molecule has 0 spiro atoms. The van der Waals surface area contributed by atoms with Crippen LogP contribution >= 0.6 is 0 Å². The van der Waals surface area contributed by atoms with Crippen molar-refractivity contribution in [3.8, 4) is 0 Å². The lowest BCUT2D eigenvalue weighted by molar-refractivity contribution is 0.172. The maximum atomic E-state index is 5.68. The van der Waals surface area contributed by atoms with Gasteiger partial charge in [0.1, 0.15) is 0 Å². The van der Waals surface area contributed by atoms with Gasteiger partial charge in [-0.3, -0.25) is 4.90 Å². The van der Waals surface area contributed by atoms with Crippen molar-refractivity contribution in [2.75, 3.05) is 18.8 Å².